The zero-order valence-corrected chi connectivity index (χ0v) is 16.2. The van der Waals surface area contributed by atoms with Gasteiger partial charge in [0.1, 0.15) is 17.2 Å². The molecule has 0 spiro atoms. The van der Waals surface area contributed by atoms with Crippen LogP contribution in [0.1, 0.15) is 63.8 Å². The Bertz CT molecular complexity index is 744. The van der Waals surface area contributed by atoms with Crippen molar-refractivity contribution in [2.24, 2.45) is 0 Å². The van der Waals surface area contributed by atoms with Gasteiger partial charge < -0.3 is 9.84 Å². The number of phenols is 1. The molecule has 2 aromatic carbocycles. The molecule has 0 aliphatic rings. The number of para-hydroxylation sites is 1. The molecule has 2 rings (SSSR count). The molecule has 2 nitrogen and oxygen atoms in total. The second kappa shape index (κ2) is 6.16. The Labute approximate surface area is 146 Å². The highest BCUT2D eigenvalue weighted by molar-refractivity contribution is 5.52. The van der Waals surface area contributed by atoms with Crippen molar-refractivity contribution >= 4 is 0 Å². The van der Waals surface area contributed by atoms with Gasteiger partial charge in [-0.15, -0.1) is 0 Å². The monoisotopic (exact) mass is 326 g/mol. The normalized spacial score (nSPS) is 12.3. The van der Waals surface area contributed by atoms with E-state index in [-0.39, 0.29) is 10.8 Å². The summed E-state index contributed by atoms with van der Waals surface area (Å²) in [6.07, 6.45) is 0. The van der Waals surface area contributed by atoms with Crippen LogP contribution in [-0.2, 0) is 10.8 Å². The lowest BCUT2D eigenvalue weighted by Crippen LogP contribution is -2.14. The van der Waals surface area contributed by atoms with Gasteiger partial charge >= 0.3 is 0 Å². The smallest absolute Gasteiger partial charge is 0.134 e. The first kappa shape index (κ1) is 18.4. The van der Waals surface area contributed by atoms with Gasteiger partial charge in [-0.1, -0.05) is 59.7 Å². The second-order valence-electron chi connectivity index (χ2n) is 8.69. The first-order valence-electron chi connectivity index (χ1n) is 8.53. The molecule has 0 fully saturated rings. The number of aromatic hydroxyl groups is 1. The average Bonchev–Trinajstić information content (AvgIpc) is 2.42. The molecule has 0 aliphatic carbocycles. The van der Waals surface area contributed by atoms with E-state index >= 15 is 0 Å². The third-order valence-electron chi connectivity index (χ3n) is 4.32. The first-order chi connectivity index (χ1) is 10.9. The maximum absolute atomic E-state index is 10.4. The largest absolute Gasteiger partial charge is 0.507 e. The lowest BCUT2D eigenvalue weighted by molar-refractivity contribution is 0.427. The van der Waals surface area contributed by atoms with Crippen molar-refractivity contribution in [2.75, 3.05) is 0 Å². The number of aryl methyl sites for hydroxylation is 2. The Morgan fingerprint density at radius 3 is 1.92 bits per heavy atom. The van der Waals surface area contributed by atoms with Crippen molar-refractivity contribution in [2.45, 2.75) is 66.2 Å². The van der Waals surface area contributed by atoms with Crippen LogP contribution in [0.25, 0.3) is 0 Å². The van der Waals surface area contributed by atoms with Gasteiger partial charge in [0.25, 0.3) is 0 Å². The van der Waals surface area contributed by atoms with Crippen LogP contribution in [0.2, 0.25) is 0 Å². The highest BCUT2D eigenvalue weighted by atomic mass is 16.5. The molecule has 1 N–H and O–H groups in total. The highest BCUT2D eigenvalue weighted by Gasteiger charge is 2.23. The van der Waals surface area contributed by atoms with E-state index in [2.05, 4.69) is 66.7 Å². The quantitative estimate of drug-likeness (QED) is 0.692. The van der Waals surface area contributed by atoms with Crippen LogP contribution in [0, 0.1) is 13.8 Å². The van der Waals surface area contributed by atoms with Gasteiger partial charge in [0, 0.05) is 11.1 Å². The van der Waals surface area contributed by atoms with Crippen LogP contribution in [0.15, 0.2) is 30.3 Å². The van der Waals surface area contributed by atoms with Gasteiger partial charge in [-0.2, -0.15) is 0 Å². The predicted octanol–water partition coefficient (Wildman–Crippen LogP) is 6.40. The number of rotatable bonds is 2. The molecule has 0 radical (unpaired) electrons. The van der Waals surface area contributed by atoms with Gasteiger partial charge in [-0.05, 0) is 47.9 Å². The average molecular weight is 326 g/mol. The second-order valence-corrected chi connectivity index (χ2v) is 8.69. The molecule has 0 atom stereocenters. The van der Waals surface area contributed by atoms with Gasteiger partial charge in [0.2, 0.25) is 0 Å². The van der Waals surface area contributed by atoms with Gasteiger partial charge in [0.15, 0.2) is 0 Å². The van der Waals surface area contributed by atoms with E-state index in [0.29, 0.717) is 5.75 Å². The van der Waals surface area contributed by atoms with E-state index in [9.17, 15) is 5.11 Å². The summed E-state index contributed by atoms with van der Waals surface area (Å²) in [5.74, 6) is 2.04. The third-order valence-corrected chi connectivity index (χ3v) is 4.32. The SMILES string of the molecule is Cc1cc(Oc2c(C)cccc2C(C)(C)C)cc(C(C)(C)C)c1O. The number of phenolic OH excluding ortho intramolecular Hbond substituents is 1. The maximum atomic E-state index is 10.4. The first-order valence-corrected chi connectivity index (χ1v) is 8.53. The summed E-state index contributed by atoms with van der Waals surface area (Å²) < 4.78 is 6.33. The Balaban J connectivity index is 2.56. The lowest BCUT2D eigenvalue weighted by Gasteiger charge is -2.26. The fraction of sp³-hybridized carbons (Fsp3) is 0.455. The number of hydrogen-bond acceptors (Lipinski definition) is 2. The highest BCUT2D eigenvalue weighted by Crippen LogP contribution is 2.40. The van der Waals surface area contributed by atoms with Crippen molar-refractivity contribution in [1.82, 2.24) is 0 Å². The molecule has 0 unspecified atom stereocenters. The van der Waals surface area contributed by atoms with E-state index in [4.69, 9.17) is 4.74 Å². The fourth-order valence-electron chi connectivity index (χ4n) is 2.87. The molecular weight excluding hydrogens is 296 g/mol. The van der Waals surface area contributed by atoms with E-state index in [0.717, 1.165) is 28.2 Å². The van der Waals surface area contributed by atoms with Crippen molar-refractivity contribution in [3.05, 3.63) is 52.6 Å². The summed E-state index contributed by atoms with van der Waals surface area (Å²) >= 11 is 0. The van der Waals surface area contributed by atoms with Crippen LogP contribution in [-0.4, -0.2) is 5.11 Å². The molecule has 24 heavy (non-hydrogen) atoms. The number of ether oxygens (including phenoxy) is 1. The molecule has 130 valence electrons. The van der Waals surface area contributed by atoms with Crippen molar-refractivity contribution in [1.29, 1.82) is 0 Å². The van der Waals surface area contributed by atoms with Crippen LogP contribution in [0.5, 0.6) is 17.2 Å². The molecule has 0 bridgehead atoms. The third kappa shape index (κ3) is 3.75. The molecular formula is C22H30O2. The summed E-state index contributed by atoms with van der Waals surface area (Å²) in [6.45, 7) is 16.9. The Morgan fingerprint density at radius 2 is 1.38 bits per heavy atom. The minimum absolute atomic E-state index is 0.000173. The summed E-state index contributed by atoms with van der Waals surface area (Å²) in [4.78, 5) is 0. The fourth-order valence-corrected chi connectivity index (χ4v) is 2.87. The number of hydrogen-bond donors (Lipinski definition) is 1. The van der Waals surface area contributed by atoms with Gasteiger partial charge in [-0.25, -0.2) is 0 Å². The Hall–Kier alpha value is -1.96. The van der Waals surface area contributed by atoms with Gasteiger partial charge in [0.05, 0.1) is 0 Å². The maximum Gasteiger partial charge on any atom is 0.134 e. The number of benzene rings is 2. The summed E-state index contributed by atoms with van der Waals surface area (Å²) in [5.41, 5.74) is 3.90. The Morgan fingerprint density at radius 1 is 0.792 bits per heavy atom. The molecule has 2 heteroatoms. The van der Waals surface area contributed by atoms with Crippen LogP contribution >= 0.6 is 0 Å². The molecule has 0 aromatic heterocycles. The summed E-state index contributed by atoms with van der Waals surface area (Å²) in [7, 11) is 0. The van der Waals surface area contributed by atoms with E-state index in [1.807, 2.05) is 19.1 Å². The standard InChI is InChI=1S/C22H30O2/c1-14-10-9-11-17(21(3,4)5)20(14)24-16-12-15(2)19(23)18(13-16)22(6,7)8/h9-13,23H,1-8H3. The molecule has 0 heterocycles. The minimum Gasteiger partial charge on any atom is -0.507 e. The van der Waals surface area contributed by atoms with Crippen molar-refractivity contribution in [3.63, 3.8) is 0 Å². The minimum atomic E-state index is -0.146. The molecule has 0 amide bonds. The van der Waals surface area contributed by atoms with E-state index in [1.165, 1.54) is 5.56 Å². The van der Waals surface area contributed by atoms with Crippen LogP contribution in [0.4, 0.5) is 0 Å². The topological polar surface area (TPSA) is 29.5 Å². The molecule has 0 aliphatic heterocycles. The van der Waals surface area contributed by atoms with Gasteiger partial charge in [-0.3, -0.25) is 0 Å². The Kier molecular flexibility index (Phi) is 4.72. The van der Waals surface area contributed by atoms with Crippen LogP contribution < -0.4 is 4.74 Å². The van der Waals surface area contributed by atoms with Crippen LogP contribution in [0.3, 0.4) is 0 Å². The predicted molar refractivity (Wildman–Crippen MR) is 101 cm³/mol. The van der Waals surface area contributed by atoms with Crippen molar-refractivity contribution in [3.8, 4) is 17.2 Å². The lowest BCUT2D eigenvalue weighted by atomic mass is 9.84. The summed E-state index contributed by atoms with van der Waals surface area (Å²) in [6, 6.07) is 10.1. The molecule has 2 aromatic rings. The summed E-state index contributed by atoms with van der Waals surface area (Å²) in [5, 5.41) is 10.4. The zero-order valence-electron chi connectivity index (χ0n) is 16.2. The molecule has 0 saturated carbocycles. The van der Waals surface area contributed by atoms with E-state index in [1.54, 1.807) is 0 Å². The van der Waals surface area contributed by atoms with E-state index < -0.39 is 0 Å². The van der Waals surface area contributed by atoms with Crippen molar-refractivity contribution < 1.29 is 9.84 Å². The molecule has 0 saturated heterocycles. The zero-order chi connectivity index (χ0) is 18.3.